The Kier molecular flexibility index (Phi) is 3.08. The average molecular weight is 308 g/mol. The molecule has 4 rings (SSSR count). The highest BCUT2D eigenvalue weighted by molar-refractivity contribution is 5.78. The molecule has 23 heavy (non-hydrogen) atoms. The van der Waals surface area contributed by atoms with Gasteiger partial charge >= 0.3 is 0 Å². The van der Waals surface area contributed by atoms with Crippen LogP contribution in [0.15, 0.2) is 47.3 Å². The first-order valence-electron chi connectivity index (χ1n) is 7.64. The van der Waals surface area contributed by atoms with Crippen LogP contribution in [0.1, 0.15) is 23.7 Å². The molecule has 1 atom stereocenters. The van der Waals surface area contributed by atoms with E-state index < -0.39 is 0 Å². The van der Waals surface area contributed by atoms with Gasteiger partial charge in [-0.05, 0) is 42.7 Å². The molecule has 0 aliphatic carbocycles. The second kappa shape index (κ2) is 5.12. The van der Waals surface area contributed by atoms with Crippen LogP contribution in [0.25, 0.3) is 10.9 Å². The maximum absolute atomic E-state index is 12.2. The lowest BCUT2D eigenvalue weighted by molar-refractivity contribution is 0.403. The topological polar surface area (TPSA) is 75.4 Å². The lowest BCUT2D eigenvalue weighted by Crippen LogP contribution is -2.16. The summed E-state index contributed by atoms with van der Waals surface area (Å²) in [5, 5.41) is 19.7. The molecule has 0 amide bonds. The molecule has 0 bridgehead atoms. The summed E-state index contributed by atoms with van der Waals surface area (Å²) >= 11 is 0. The highest BCUT2D eigenvalue weighted by atomic mass is 16.3. The Labute approximate surface area is 132 Å². The van der Waals surface area contributed by atoms with Crippen LogP contribution in [0, 0.1) is 0 Å². The zero-order chi connectivity index (χ0) is 16.0. The third-order valence-electron chi connectivity index (χ3n) is 4.51. The Balaban J connectivity index is 1.75. The fraction of sp³-hybridized carbons (Fsp3) is 0.222. The van der Waals surface area contributed by atoms with Crippen molar-refractivity contribution in [1.29, 1.82) is 0 Å². The van der Waals surface area contributed by atoms with Crippen molar-refractivity contribution in [3.05, 3.63) is 64.2 Å². The number of para-hydroxylation sites is 1. The first kappa shape index (κ1) is 13.8. The lowest BCUT2D eigenvalue weighted by Gasteiger charge is -2.12. The van der Waals surface area contributed by atoms with Gasteiger partial charge in [-0.2, -0.15) is 4.98 Å². The standard InChI is InChI=1S/C18H16N2O3/c21-15-6-5-11(10-16(15)22)9-12-7-8-20-14-4-2-1-3-13(14)18(23)19-17(12)20/h1-6,10,12,21-22H,7-9H2. The number of aromatic hydroxyl groups is 2. The number of benzene rings is 2. The summed E-state index contributed by atoms with van der Waals surface area (Å²) in [6.07, 6.45) is 1.58. The van der Waals surface area contributed by atoms with E-state index in [1.54, 1.807) is 12.1 Å². The van der Waals surface area contributed by atoms with Crippen molar-refractivity contribution in [3.63, 3.8) is 0 Å². The van der Waals surface area contributed by atoms with Gasteiger partial charge in [-0.1, -0.05) is 18.2 Å². The molecular formula is C18H16N2O3. The summed E-state index contributed by atoms with van der Waals surface area (Å²) in [5.41, 5.74) is 1.66. The van der Waals surface area contributed by atoms with E-state index in [1.807, 2.05) is 24.3 Å². The number of rotatable bonds is 2. The third-order valence-corrected chi connectivity index (χ3v) is 4.51. The fourth-order valence-corrected chi connectivity index (χ4v) is 3.37. The van der Waals surface area contributed by atoms with E-state index in [2.05, 4.69) is 9.55 Å². The van der Waals surface area contributed by atoms with Crippen LogP contribution in [0.2, 0.25) is 0 Å². The summed E-state index contributed by atoms with van der Waals surface area (Å²) in [7, 11) is 0. The van der Waals surface area contributed by atoms with Crippen LogP contribution in [-0.2, 0) is 13.0 Å². The second-order valence-electron chi connectivity index (χ2n) is 5.96. The molecule has 0 fully saturated rings. The first-order chi connectivity index (χ1) is 11.1. The highest BCUT2D eigenvalue weighted by Gasteiger charge is 2.26. The number of phenols is 2. The van der Waals surface area contributed by atoms with Crippen LogP contribution in [0.3, 0.4) is 0 Å². The van der Waals surface area contributed by atoms with E-state index in [9.17, 15) is 15.0 Å². The molecule has 0 saturated heterocycles. The first-order valence-corrected chi connectivity index (χ1v) is 7.64. The summed E-state index contributed by atoms with van der Waals surface area (Å²) in [6.45, 7) is 0.831. The van der Waals surface area contributed by atoms with Gasteiger partial charge in [-0.25, -0.2) is 0 Å². The molecule has 0 saturated carbocycles. The molecule has 1 aliphatic rings. The summed E-state index contributed by atoms with van der Waals surface area (Å²) in [4.78, 5) is 16.5. The van der Waals surface area contributed by atoms with E-state index in [0.717, 1.165) is 29.9 Å². The van der Waals surface area contributed by atoms with E-state index >= 15 is 0 Å². The number of phenolic OH excluding ortho intramolecular Hbond substituents is 2. The molecule has 3 aromatic rings. The van der Waals surface area contributed by atoms with E-state index in [-0.39, 0.29) is 23.0 Å². The predicted molar refractivity (Wildman–Crippen MR) is 86.8 cm³/mol. The van der Waals surface area contributed by atoms with E-state index in [4.69, 9.17) is 0 Å². The minimum Gasteiger partial charge on any atom is -0.504 e. The number of nitrogens with zero attached hydrogens (tertiary/aromatic N) is 2. The van der Waals surface area contributed by atoms with Crippen molar-refractivity contribution in [2.75, 3.05) is 0 Å². The minimum absolute atomic E-state index is 0.121. The Morgan fingerprint density at radius 3 is 2.78 bits per heavy atom. The van der Waals surface area contributed by atoms with Gasteiger partial charge in [0.05, 0.1) is 10.9 Å². The molecule has 2 N–H and O–H groups in total. The maximum Gasteiger partial charge on any atom is 0.280 e. The maximum atomic E-state index is 12.2. The Bertz CT molecular complexity index is 962. The van der Waals surface area contributed by atoms with Gasteiger partial charge in [-0.15, -0.1) is 0 Å². The van der Waals surface area contributed by atoms with E-state index in [0.29, 0.717) is 11.8 Å². The van der Waals surface area contributed by atoms with Crippen molar-refractivity contribution >= 4 is 10.9 Å². The Morgan fingerprint density at radius 2 is 1.96 bits per heavy atom. The lowest BCUT2D eigenvalue weighted by atomic mass is 9.97. The third kappa shape index (κ3) is 2.25. The van der Waals surface area contributed by atoms with Gasteiger partial charge < -0.3 is 14.8 Å². The molecular weight excluding hydrogens is 292 g/mol. The smallest absolute Gasteiger partial charge is 0.280 e. The molecule has 1 aliphatic heterocycles. The van der Waals surface area contributed by atoms with Crippen LogP contribution >= 0.6 is 0 Å². The zero-order valence-corrected chi connectivity index (χ0v) is 12.4. The average Bonchev–Trinajstić information content (AvgIpc) is 2.94. The molecule has 116 valence electrons. The van der Waals surface area contributed by atoms with Crippen LogP contribution in [0.4, 0.5) is 0 Å². The Morgan fingerprint density at radius 1 is 1.13 bits per heavy atom. The molecule has 1 unspecified atom stereocenters. The van der Waals surface area contributed by atoms with Gasteiger partial charge in [0, 0.05) is 12.5 Å². The summed E-state index contributed by atoms with van der Waals surface area (Å²) < 4.78 is 2.11. The predicted octanol–water partition coefficient (Wildman–Crippen LogP) is 2.54. The highest BCUT2D eigenvalue weighted by Crippen LogP contribution is 2.33. The molecule has 5 nitrogen and oxygen atoms in total. The van der Waals surface area contributed by atoms with Crippen molar-refractivity contribution in [2.45, 2.75) is 25.3 Å². The molecule has 2 heterocycles. The van der Waals surface area contributed by atoms with Crippen molar-refractivity contribution in [1.82, 2.24) is 9.55 Å². The van der Waals surface area contributed by atoms with Crippen molar-refractivity contribution in [2.24, 2.45) is 0 Å². The number of hydrogen-bond acceptors (Lipinski definition) is 4. The monoisotopic (exact) mass is 308 g/mol. The van der Waals surface area contributed by atoms with Gasteiger partial charge in [0.25, 0.3) is 5.56 Å². The Hall–Kier alpha value is -2.82. The summed E-state index contributed by atoms with van der Waals surface area (Å²) in [5.74, 6) is 0.697. The SMILES string of the molecule is O=c1nc2n(c3ccccc13)CCC2Cc1ccc(O)c(O)c1. The van der Waals surface area contributed by atoms with Gasteiger partial charge in [0.1, 0.15) is 5.82 Å². The number of fused-ring (bicyclic) bond motifs is 3. The van der Waals surface area contributed by atoms with Crippen molar-refractivity contribution in [3.8, 4) is 11.5 Å². The van der Waals surface area contributed by atoms with Crippen LogP contribution < -0.4 is 5.56 Å². The minimum atomic E-state index is -0.188. The molecule has 2 aromatic carbocycles. The van der Waals surface area contributed by atoms with Gasteiger partial charge in [0.2, 0.25) is 0 Å². The zero-order valence-electron chi connectivity index (χ0n) is 12.4. The molecule has 0 spiro atoms. The molecule has 0 radical (unpaired) electrons. The largest absolute Gasteiger partial charge is 0.504 e. The number of aryl methyl sites for hydroxylation is 1. The quantitative estimate of drug-likeness (QED) is 0.713. The van der Waals surface area contributed by atoms with Gasteiger partial charge in [0.15, 0.2) is 11.5 Å². The van der Waals surface area contributed by atoms with Crippen molar-refractivity contribution < 1.29 is 10.2 Å². The van der Waals surface area contributed by atoms with Crippen LogP contribution in [0.5, 0.6) is 11.5 Å². The number of hydrogen-bond donors (Lipinski definition) is 2. The molecule has 5 heteroatoms. The normalized spacial score (nSPS) is 16.6. The molecule has 1 aromatic heterocycles. The fourth-order valence-electron chi connectivity index (χ4n) is 3.37. The second-order valence-corrected chi connectivity index (χ2v) is 5.96. The van der Waals surface area contributed by atoms with Gasteiger partial charge in [-0.3, -0.25) is 4.79 Å². The van der Waals surface area contributed by atoms with E-state index in [1.165, 1.54) is 6.07 Å². The number of aromatic nitrogens is 2. The van der Waals surface area contributed by atoms with Crippen LogP contribution in [-0.4, -0.2) is 19.8 Å². The summed E-state index contributed by atoms with van der Waals surface area (Å²) in [6, 6.07) is 12.4.